The molecule has 0 aliphatic carbocycles. The van der Waals surface area contributed by atoms with Crippen LogP contribution in [0.15, 0.2) is 60.7 Å². The highest BCUT2D eigenvalue weighted by Crippen LogP contribution is 2.40. The number of nitro benzene ring substituents is 1. The molecule has 2 atom stereocenters. The standard InChI is InChI=1S/C27H26ClFN4O4/c1-37-26-8-5-19(28)14-24(26)31-9-10-32-23-7-6-21(33(35)36)12-18(23)13-22(25(32)16-31)27(34)30-15-17-3-2-4-20(29)11-17/h2-8,11-12,14,22,25H,9-10,13,15-16H2,1H3,(H,30,34)/t22-,25-/m1/s1. The van der Waals surface area contributed by atoms with Gasteiger partial charge in [-0.3, -0.25) is 14.9 Å². The summed E-state index contributed by atoms with van der Waals surface area (Å²) in [4.78, 5) is 28.9. The van der Waals surface area contributed by atoms with Gasteiger partial charge >= 0.3 is 0 Å². The number of anilines is 2. The summed E-state index contributed by atoms with van der Waals surface area (Å²) in [6.45, 7) is 1.98. The number of benzene rings is 3. The Labute approximate surface area is 218 Å². The first-order valence-corrected chi connectivity index (χ1v) is 12.4. The number of fused-ring (bicyclic) bond motifs is 3. The minimum Gasteiger partial charge on any atom is -0.495 e. The minimum absolute atomic E-state index is 0.00146. The molecule has 2 heterocycles. The van der Waals surface area contributed by atoms with Crippen LogP contribution in [0, 0.1) is 21.8 Å². The second kappa shape index (κ2) is 10.3. The van der Waals surface area contributed by atoms with E-state index < -0.39 is 10.8 Å². The van der Waals surface area contributed by atoms with E-state index in [0.29, 0.717) is 42.4 Å². The van der Waals surface area contributed by atoms with Crippen LogP contribution in [-0.2, 0) is 17.8 Å². The number of amides is 1. The molecule has 2 aliphatic heterocycles. The van der Waals surface area contributed by atoms with Crippen molar-refractivity contribution in [2.45, 2.75) is 19.0 Å². The Kier molecular flexibility index (Phi) is 6.88. The van der Waals surface area contributed by atoms with Crippen LogP contribution >= 0.6 is 11.6 Å². The maximum atomic E-state index is 13.6. The summed E-state index contributed by atoms with van der Waals surface area (Å²) in [6, 6.07) is 16.2. The Morgan fingerprint density at radius 2 is 2.00 bits per heavy atom. The van der Waals surface area contributed by atoms with Gasteiger partial charge < -0.3 is 19.9 Å². The normalized spacial score (nSPS) is 18.6. The van der Waals surface area contributed by atoms with Gasteiger partial charge in [0.2, 0.25) is 5.91 Å². The van der Waals surface area contributed by atoms with Crippen molar-refractivity contribution >= 4 is 34.6 Å². The van der Waals surface area contributed by atoms with Crippen LogP contribution in [0.5, 0.6) is 5.75 Å². The van der Waals surface area contributed by atoms with Crippen molar-refractivity contribution in [3.05, 3.63) is 92.7 Å². The molecule has 0 unspecified atom stereocenters. The van der Waals surface area contributed by atoms with Gasteiger partial charge in [-0.1, -0.05) is 23.7 Å². The zero-order valence-electron chi connectivity index (χ0n) is 20.2. The Morgan fingerprint density at radius 1 is 1.16 bits per heavy atom. The third-order valence-corrected chi connectivity index (χ3v) is 7.32. The van der Waals surface area contributed by atoms with Gasteiger partial charge in [0.05, 0.1) is 29.7 Å². The van der Waals surface area contributed by atoms with Crippen LogP contribution in [0.1, 0.15) is 11.1 Å². The van der Waals surface area contributed by atoms with Crippen molar-refractivity contribution in [3.8, 4) is 5.75 Å². The maximum absolute atomic E-state index is 13.6. The number of non-ortho nitro benzene ring substituents is 1. The average molecular weight is 525 g/mol. The monoisotopic (exact) mass is 524 g/mol. The number of piperazine rings is 1. The van der Waals surface area contributed by atoms with Gasteiger partial charge in [-0.2, -0.15) is 0 Å². The molecule has 8 nitrogen and oxygen atoms in total. The van der Waals surface area contributed by atoms with E-state index in [9.17, 15) is 19.3 Å². The van der Waals surface area contributed by atoms with E-state index in [2.05, 4.69) is 15.1 Å². The maximum Gasteiger partial charge on any atom is 0.269 e. The van der Waals surface area contributed by atoms with Crippen molar-refractivity contribution < 1.29 is 18.8 Å². The second-order valence-corrected chi connectivity index (χ2v) is 9.69. The third-order valence-electron chi connectivity index (χ3n) is 7.08. The van der Waals surface area contributed by atoms with E-state index in [1.165, 1.54) is 18.2 Å². The van der Waals surface area contributed by atoms with Gasteiger partial charge in [0.15, 0.2) is 0 Å². The second-order valence-electron chi connectivity index (χ2n) is 9.25. The van der Waals surface area contributed by atoms with Gasteiger partial charge in [-0.25, -0.2) is 4.39 Å². The van der Waals surface area contributed by atoms with Crippen molar-refractivity contribution in [3.63, 3.8) is 0 Å². The Bertz CT molecular complexity index is 1350. The number of nitro groups is 1. The summed E-state index contributed by atoms with van der Waals surface area (Å²) >= 11 is 6.29. The highest BCUT2D eigenvalue weighted by atomic mass is 35.5. The van der Waals surface area contributed by atoms with E-state index in [1.54, 1.807) is 37.4 Å². The third kappa shape index (κ3) is 5.04. The van der Waals surface area contributed by atoms with E-state index in [4.69, 9.17) is 16.3 Å². The first-order chi connectivity index (χ1) is 17.8. The number of nitrogens with one attached hydrogen (secondary N) is 1. The molecule has 0 aromatic heterocycles. The molecule has 1 amide bonds. The molecule has 1 fully saturated rings. The molecule has 1 N–H and O–H groups in total. The molecule has 37 heavy (non-hydrogen) atoms. The molecule has 0 radical (unpaired) electrons. The van der Waals surface area contributed by atoms with E-state index in [0.717, 1.165) is 16.9 Å². The molecule has 0 saturated carbocycles. The van der Waals surface area contributed by atoms with Crippen LogP contribution in [0.3, 0.4) is 0 Å². The van der Waals surface area contributed by atoms with Crippen molar-refractivity contribution in [1.29, 1.82) is 0 Å². The zero-order chi connectivity index (χ0) is 26.1. The van der Waals surface area contributed by atoms with Crippen LogP contribution in [0.25, 0.3) is 0 Å². The highest BCUT2D eigenvalue weighted by molar-refractivity contribution is 6.31. The number of carbonyl (C=O) groups excluding carboxylic acids is 1. The van der Waals surface area contributed by atoms with Crippen molar-refractivity contribution in [2.24, 2.45) is 5.92 Å². The summed E-state index contributed by atoms with van der Waals surface area (Å²) < 4.78 is 19.2. The van der Waals surface area contributed by atoms with E-state index in [1.807, 2.05) is 12.1 Å². The predicted octanol–water partition coefficient (Wildman–Crippen LogP) is 4.58. The summed E-state index contributed by atoms with van der Waals surface area (Å²) in [7, 11) is 1.61. The van der Waals surface area contributed by atoms with Crippen LogP contribution < -0.4 is 19.9 Å². The lowest BCUT2D eigenvalue weighted by Gasteiger charge is -2.49. The number of rotatable bonds is 6. The molecule has 10 heteroatoms. The quantitative estimate of drug-likeness (QED) is 0.375. The smallest absolute Gasteiger partial charge is 0.269 e. The Balaban J connectivity index is 1.46. The summed E-state index contributed by atoms with van der Waals surface area (Å²) in [5.74, 6) is -0.334. The first kappa shape index (κ1) is 24.8. The molecule has 3 aromatic carbocycles. The summed E-state index contributed by atoms with van der Waals surface area (Å²) in [5, 5.41) is 15.0. The van der Waals surface area contributed by atoms with Gasteiger partial charge in [-0.05, 0) is 53.9 Å². The fourth-order valence-corrected chi connectivity index (χ4v) is 5.49. The number of carbonyl (C=O) groups is 1. The fraction of sp³-hybridized carbons (Fsp3) is 0.296. The lowest BCUT2D eigenvalue weighted by molar-refractivity contribution is -0.384. The highest BCUT2D eigenvalue weighted by Gasteiger charge is 2.42. The number of ether oxygens (including phenoxy) is 1. The molecule has 5 rings (SSSR count). The summed E-state index contributed by atoms with van der Waals surface area (Å²) in [5.41, 5.74) is 3.18. The molecule has 2 aliphatic rings. The predicted molar refractivity (Wildman–Crippen MR) is 140 cm³/mol. The van der Waals surface area contributed by atoms with E-state index in [-0.39, 0.29) is 30.0 Å². The number of methoxy groups -OCH3 is 1. The Hall–Kier alpha value is -3.85. The molecule has 192 valence electrons. The van der Waals surface area contributed by atoms with Gasteiger partial charge in [0.25, 0.3) is 5.69 Å². The zero-order valence-corrected chi connectivity index (χ0v) is 21.0. The van der Waals surface area contributed by atoms with E-state index >= 15 is 0 Å². The van der Waals surface area contributed by atoms with Gasteiger partial charge in [0.1, 0.15) is 11.6 Å². The molecule has 0 bridgehead atoms. The fourth-order valence-electron chi connectivity index (χ4n) is 5.32. The van der Waals surface area contributed by atoms with Crippen molar-refractivity contribution in [1.82, 2.24) is 5.32 Å². The average Bonchev–Trinajstić information content (AvgIpc) is 2.90. The minimum atomic E-state index is -0.476. The molecule has 0 spiro atoms. The number of nitrogens with zero attached hydrogens (tertiary/aromatic N) is 3. The van der Waals surface area contributed by atoms with Gasteiger partial charge in [0, 0.05) is 49.0 Å². The Morgan fingerprint density at radius 3 is 2.76 bits per heavy atom. The van der Waals surface area contributed by atoms with Crippen LogP contribution in [0.2, 0.25) is 5.02 Å². The number of hydrogen-bond donors (Lipinski definition) is 1. The topological polar surface area (TPSA) is 87.9 Å². The van der Waals surface area contributed by atoms with Crippen LogP contribution in [0.4, 0.5) is 21.5 Å². The lowest BCUT2D eigenvalue weighted by atomic mass is 9.83. The first-order valence-electron chi connectivity index (χ1n) is 12.0. The largest absolute Gasteiger partial charge is 0.495 e. The molecular formula is C27H26ClFN4O4. The summed E-state index contributed by atoms with van der Waals surface area (Å²) in [6.07, 6.45) is 0.355. The number of halogens is 2. The van der Waals surface area contributed by atoms with Crippen LogP contribution in [-0.4, -0.2) is 43.6 Å². The molecular weight excluding hydrogens is 499 g/mol. The van der Waals surface area contributed by atoms with Crippen molar-refractivity contribution in [2.75, 3.05) is 36.5 Å². The molecule has 3 aromatic rings. The number of hydrogen-bond acceptors (Lipinski definition) is 6. The lowest BCUT2D eigenvalue weighted by Crippen LogP contribution is -2.61. The SMILES string of the molecule is COc1ccc(Cl)cc1N1CCN2c3ccc([N+](=O)[O-])cc3C[C@@H](C(=O)NCc3cccc(F)c3)[C@H]2C1. The van der Waals surface area contributed by atoms with Gasteiger partial charge in [-0.15, -0.1) is 0 Å². The molecule has 1 saturated heterocycles.